The van der Waals surface area contributed by atoms with Crippen molar-refractivity contribution >= 4 is 17.4 Å². The minimum atomic E-state index is -0.365. The molecule has 80 valence electrons. The van der Waals surface area contributed by atoms with Crippen molar-refractivity contribution < 1.29 is 14.3 Å². The fourth-order valence-electron chi connectivity index (χ4n) is 2.04. The largest absolute Gasteiger partial charge is 0.492 e. The van der Waals surface area contributed by atoms with Crippen molar-refractivity contribution in [2.75, 3.05) is 6.61 Å². The number of imide groups is 1. The maximum absolute atomic E-state index is 11.5. The van der Waals surface area contributed by atoms with Gasteiger partial charge in [-0.15, -0.1) is 0 Å². The summed E-state index contributed by atoms with van der Waals surface area (Å²) in [6.45, 7) is 0.634. The molecule has 16 heavy (non-hydrogen) atoms. The zero-order chi connectivity index (χ0) is 11.1. The topological polar surface area (TPSA) is 55.4 Å². The van der Waals surface area contributed by atoms with Crippen LogP contribution < -0.4 is 10.1 Å². The summed E-state index contributed by atoms with van der Waals surface area (Å²) in [5.41, 5.74) is 2.19. The zero-order valence-corrected chi connectivity index (χ0v) is 8.45. The van der Waals surface area contributed by atoms with Crippen LogP contribution in [-0.2, 0) is 16.0 Å². The smallest absolute Gasteiger partial charge is 0.259 e. The highest BCUT2D eigenvalue weighted by Crippen LogP contribution is 2.34. The molecular weight excluding hydrogens is 206 g/mol. The molecule has 2 heterocycles. The van der Waals surface area contributed by atoms with E-state index in [0.29, 0.717) is 17.7 Å². The second-order valence-corrected chi connectivity index (χ2v) is 3.77. The Balaban J connectivity index is 2.14. The molecule has 0 bridgehead atoms. The van der Waals surface area contributed by atoms with Gasteiger partial charge in [-0.2, -0.15) is 0 Å². The summed E-state index contributed by atoms with van der Waals surface area (Å²) in [4.78, 5) is 22.6. The predicted molar refractivity (Wildman–Crippen MR) is 56.8 cm³/mol. The van der Waals surface area contributed by atoms with Crippen molar-refractivity contribution in [3.63, 3.8) is 0 Å². The number of carbonyl (C=O) groups is 2. The van der Waals surface area contributed by atoms with Crippen molar-refractivity contribution in [1.29, 1.82) is 0 Å². The summed E-state index contributed by atoms with van der Waals surface area (Å²) in [5.74, 6) is 0.0168. The van der Waals surface area contributed by atoms with Crippen molar-refractivity contribution in [1.82, 2.24) is 5.32 Å². The van der Waals surface area contributed by atoms with E-state index in [1.807, 2.05) is 12.1 Å². The Hall–Kier alpha value is -2.10. The maximum Gasteiger partial charge on any atom is 0.259 e. The molecule has 0 atom stereocenters. The van der Waals surface area contributed by atoms with Crippen molar-refractivity contribution in [3.8, 4) is 5.75 Å². The zero-order valence-electron chi connectivity index (χ0n) is 8.45. The highest BCUT2D eigenvalue weighted by molar-refractivity contribution is 6.34. The normalized spacial score (nSPS) is 17.9. The molecule has 0 aliphatic carbocycles. The Morgan fingerprint density at radius 3 is 2.88 bits per heavy atom. The number of nitrogens with one attached hydrogen (secondary N) is 1. The van der Waals surface area contributed by atoms with Crippen LogP contribution in [0, 0.1) is 0 Å². The minimum absolute atomic E-state index is 0.353. The van der Waals surface area contributed by atoms with E-state index in [2.05, 4.69) is 5.32 Å². The van der Waals surface area contributed by atoms with E-state index < -0.39 is 0 Å². The number of para-hydroxylation sites is 1. The molecule has 0 unspecified atom stereocenters. The first-order valence-electron chi connectivity index (χ1n) is 5.08. The quantitative estimate of drug-likeness (QED) is 0.700. The molecule has 1 N–H and O–H groups in total. The van der Waals surface area contributed by atoms with Crippen molar-refractivity contribution in [2.45, 2.75) is 6.42 Å². The highest BCUT2D eigenvalue weighted by atomic mass is 16.5. The van der Waals surface area contributed by atoms with Gasteiger partial charge in [0.1, 0.15) is 5.75 Å². The van der Waals surface area contributed by atoms with Gasteiger partial charge >= 0.3 is 0 Å². The van der Waals surface area contributed by atoms with Gasteiger partial charge in [0.2, 0.25) is 0 Å². The van der Waals surface area contributed by atoms with E-state index in [9.17, 15) is 9.59 Å². The van der Waals surface area contributed by atoms with Gasteiger partial charge in [-0.1, -0.05) is 18.2 Å². The third-order valence-electron chi connectivity index (χ3n) is 2.76. The number of rotatable bonds is 1. The average Bonchev–Trinajstić information content (AvgIpc) is 2.84. The van der Waals surface area contributed by atoms with Crippen LogP contribution in [0.3, 0.4) is 0 Å². The number of hydrogen-bond donors (Lipinski definition) is 1. The summed E-state index contributed by atoms with van der Waals surface area (Å²) in [5, 5.41) is 2.23. The molecule has 4 heteroatoms. The summed E-state index contributed by atoms with van der Waals surface area (Å²) in [7, 11) is 0. The molecule has 0 saturated heterocycles. The standard InChI is InChI=1S/C12H9NO3/c14-10-6-9(12(15)13-10)8-3-1-2-7-4-5-16-11(7)8/h1-3,6H,4-5H2,(H,13,14,15). The van der Waals surface area contributed by atoms with Crippen LogP contribution in [0.2, 0.25) is 0 Å². The second kappa shape index (κ2) is 3.20. The number of fused-ring (bicyclic) bond motifs is 1. The predicted octanol–water partition coefficient (Wildman–Crippen LogP) is 0.661. The van der Waals surface area contributed by atoms with Gasteiger partial charge in [-0.05, 0) is 5.56 Å². The lowest BCUT2D eigenvalue weighted by Gasteiger charge is -2.06. The first-order chi connectivity index (χ1) is 7.75. The van der Waals surface area contributed by atoms with Crippen LogP contribution in [-0.4, -0.2) is 18.4 Å². The Kier molecular flexibility index (Phi) is 1.83. The van der Waals surface area contributed by atoms with E-state index in [4.69, 9.17) is 4.74 Å². The van der Waals surface area contributed by atoms with Gasteiger partial charge in [0.25, 0.3) is 11.8 Å². The van der Waals surface area contributed by atoms with Crippen LogP contribution in [0.25, 0.3) is 5.57 Å². The van der Waals surface area contributed by atoms with Gasteiger partial charge in [-0.25, -0.2) is 0 Å². The molecule has 0 aromatic heterocycles. The van der Waals surface area contributed by atoms with Crippen molar-refractivity contribution in [3.05, 3.63) is 35.4 Å². The van der Waals surface area contributed by atoms with Gasteiger partial charge in [-0.3, -0.25) is 14.9 Å². The second-order valence-electron chi connectivity index (χ2n) is 3.77. The molecular formula is C12H9NO3. The maximum atomic E-state index is 11.5. The monoisotopic (exact) mass is 215 g/mol. The summed E-state index contributed by atoms with van der Waals surface area (Å²) in [6, 6.07) is 5.65. The Bertz CT molecular complexity index is 531. The lowest BCUT2D eigenvalue weighted by Crippen LogP contribution is -2.21. The third kappa shape index (κ3) is 1.23. The number of carbonyl (C=O) groups excluding carboxylic acids is 2. The van der Waals surface area contributed by atoms with Crippen LogP contribution >= 0.6 is 0 Å². The SMILES string of the molecule is O=C1C=C(c2cccc3c2OCC3)C(=O)N1. The number of hydrogen-bond acceptors (Lipinski definition) is 3. The first kappa shape index (κ1) is 9.15. The molecule has 0 radical (unpaired) electrons. The van der Waals surface area contributed by atoms with Gasteiger partial charge in [0, 0.05) is 18.1 Å². The van der Waals surface area contributed by atoms with E-state index in [-0.39, 0.29) is 11.8 Å². The van der Waals surface area contributed by atoms with Gasteiger partial charge in [0.15, 0.2) is 0 Å². The Morgan fingerprint density at radius 2 is 2.12 bits per heavy atom. The third-order valence-corrected chi connectivity index (χ3v) is 2.76. The van der Waals surface area contributed by atoms with Crippen molar-refractivity contribution in [2.24, 2.45) is 0 Å². The summed E-state index contributed by atoms with van der Waals surface area (Å²) < 4.78 is 5.49. The molecule has 1 aromatic rings. The molecule has 3 rings (SSSR count). The molecule has 0 fully saturated rings. The lowest BCUT2D eigenvalue weighted by molar-refractivity contribution is -0.123. The molecule has 0 spiro atoms. The van der Waals surface area contributed by atoms with Gasteiger partial charge in [0.05, 0.1) is 12.2 Å². The Morgan fingerprint density at radius 1 is 1.25 bits per heavy atom. The fourth-order valence-corrected chi connectivity index (χ4v) is 2.04. The molecule has 0 saturated carbocycles. The minimum Gasteiger partial charge on any atom is -0.492 e. The lowest BCUT2D eigenvalue weighted by atomic mass is 10.0. The first-order valence-corrected chi connectivity index (χ1v) is 5.08. The number of benzene rings is 1. The van der Waals surface area contributed by atoms with E-state index in [1.54, 1.807) is 6.07 Å². The molecule has 4 nitrogen and oxygen atoms in total. The average molecular weight is 215 g/mol. The van der Waals surface area contributed by atoms with Crippen LogP contribution in [0.4, 0.5) is 0 Å². The summed E-state index contributed by atoms with van der Waals surface area (Å²) in [6.07, 6.45) is 2.17. The van der Waals surface area contributed by atoms with Crippen LogP contribution in [0.5, 0.6) is 5.75 Å². The number of ether oxygens (including phenoxy) is 1. The molecule has 2 aliphatic heterocycles. The fraction of sp³-hybridized carbons (Fsp3) is 0.167. The molecule has 2 aliphatic rings. The Labute approximate surface area is 91.9 Å². The molecule has 1 aromatic carbocycles. The van der Waals surface area contributed by atoms with E-state index >= 15 is 0 Å². The van der Waals surface area contributed by atoms with Gasteiger partial charge < -0.3 is 4.74 Å². The number of amides is 2. The molecule has 2 amide bonds. The van der Waals surface area contributed by atoms with Crippen LogP contribution in [0.15, 0.2) is 24.3 Å². The van der Waals surface area contributed by atoms with E-state index in [1.165, 1.54) is 6.08 Å². The van der Waals surface area contributed by atoms with Crippen LogP contribution in [0.1, 0.15) is 11.1 Å². The van der Waals surface area contributed by atoms with E-state index in [0.717, 1.165) is 17.7 Å². The highest BCUT2D eigenvalue weighted by Gasteiger charge is 2.27. The summed E-state index contributed by atoms with van der Waals surface area (Å²) >= 11 is 0.